The van der Waals surface area contributed by atoms with Gasteiger partial charge in [0.15, 0.2) is 0 Å². The van der Waals surface area contributed by atoms with E-state index in [1.807, 2.05) is 19.1 Å². The van der Waals surface area contributed by atoms with Crippen molar-refractivity contribution < 1.29 is 37.0 Å². The Labute approximate surface area is 318 Å². The lowest BCUT2D eigenvalue weighted by Crippen LogP contribution is -2.55. The largest absolute Gasteiger partial charge is 0.497 e. The molecule has 3 heterocycles. The number of amides is 2. The molecule has 284 valence electrons. The number of hydrogen-bond donors (Lipinski definition) is 0. The van der Waals surface area contributed by atoms with Crippen LogP contribution in [0.1, 0.15) is 35.1 Å². The second kappa shape index (κ2) is 17.0. The summed E-state index contributed by atoms with van der Waals surface area (Å²) in [7, 11) is 1.97. The smallest absolute Gasteiger partial charge is 0.411 e. The highest BCUT2D eigenvalue weighted by atomic mass is 35.5. The number of anilines is 1. The first kappa shape index (κ1) is 41.2. The van der Waals surface area contributed by atoms with Gasteiger partial charge in [0.2, 0.25) is 5.60 Å². The van der Waals surface area contributed by atoms with Gasteiger partial charge in [-0.05, 0) is 87.8 Å². The third-order valence-electron chi connectivity index (χ3n) is 10.1. The highest BCUT2D eigenvalue weighted by Crippen LogP contribution is 2.52. The van der Waals surface area contributed by atoms with Gasteiger partial charge in [-0.3, -0.25) is 9.69 Å². The molecule has 1 unspecified atom stereocenters. The predicted octanol–water partition coefficient (Wildman–Crippen LogP) is 4.87. The van der Waals surface area contributed by atoms with Crippen LogP contribution in [0.15, 0.2) is 65.6 Å². The number of ether oxygens (including phenoxy) is 4. The fraction of sp³-hybridized carbons (Fsp3) is 0.459. The molecule has 15 heteroatoms. The summed E-state index contributed by atoms with van der Waals surface area (Å²) in [5, 5.41) is 0. The van der Waals surface area contributed by atoms with Crippen LogP contribution in [-0.2, 0) is 36.3 Å². The van der Waals surface area contributed by atoms with Gasteiger partial charge in [-0.2, -0.15) is 4.31 Å². The van der Waals surface area contributed by atoms with Crippen LogP contribution in [0.25, 0.3) is 0 Å². The van der Waals surface area contributed by atoms with Crippen molar-refractivity contribution in [3.05, 3.63) is 82.9 Å². The minimum absolute atomic E-state index is 0. The molecule has 3 aliphatic rings. The highest BCUT2D eigenvalue weighted by molar-refractivity contribution is 7.93. The fourth-order valence-corrected chi connectivity index (χ4v) is 8.92. The maximum atomic E-state index is 15.2. The Morgan fingerprint density at radius 2 is 1.56 bits per heavy atom. The van der Waals surface area contributed by atoms with E-state index < -0.39 is 27.6 Å². The van der Waals surface area contributed by atoms with Crippen molar-refractivity contribution in [2.45, 2.75) is 42.7 Å². The van der Waals surface area contributed by atoms with Crippen LogP contribution in [0.5, 0.6) is 11.5 Å². The van der Waals surface area contributed by atoms with Gasteiger partial charge in [0.25, 0.3) is 15.9 Å². The highest BCUT2D eigenvalue weighted by Gasteiger charge is 2.60. The van der Waals surface area contributed by atoms with Gasteiger partial charge in [0, 0.05) is 50.5 Å². The molecule has 0 saturated carbocycles. The molecule has 1 atom stereocenters. The number of halogens is 2. The molecule has 52 heavy (non-hydrogen) atoms. The summed E-state index contributed by atoms with van der Waals surface area (Å²) in [6.07, 6.45) is 1.83. The quantitative estimate of drug-likeness (QED) is 0.282. The normalized spacial score (nSPS) is 19.8. The summed E-state index contributed by atoms with van der Waals surface area (Å²) in [6.45, 7) is 6.38. The zero-order valence-corrected chi connectivity index (χ0v) is 32.7. The molecule has 12 nitrogen and oxygen atoms in total. The number of hydrogen-bond acceptors (Lipinski definition) is 10. The summed E-state index contributed by atoms with van der Waals surface area (Å²) in [5.41, 5.74) is -0.127. The minimum atomic E-state index is -4.60. The molecule has 3 aromatic carbocycles. The van der Waals surface area contributed by atoms with Crippen molar-refractivity contribution in [1.29, 1.82) is 0 Å². The number of rotatable bonds is 10. The summed E-state index contributed by atoms with van der Waals surface area (Å²) < 4.78 is 53.0. The predicted molar refractivity (Wildman–Crippen MR) is 203 cm³/mol. The Morgan fingerprint density at radius 3 is 2.21 bits per heavy atom. The van der Waals surface area contributed by atoms with Crippen molar-refractivity contribution in [2.24, 2.45) is 0 Å². The van der Waals surface area contributed by atoms with Crippen molar-refractivity contribution in [2.75, 3.05) is 78.6 Å². The third kappa shape index (κ3) is 7.57. The topological polar surface area (TPSA) is 118 Å². The molecule has 0 spiro atoms. The zero-order valence-electron chi connectivity index (χ0n) is 30.2. The molecule has 3 aliphatic heterocycles. The van der Waals surface area contributed by atoms with Crippen molar-refractivity contribution in [3.63, 3.8) is 0 Å². The van der Waals surface area contributed by atoms with Gasteiger partial charge in [-0.1, -0.05) is 30.3 Å². The van der Waals surface area contributed by atoms with Gasteiger partial charge >= 0.3 is 6.09 Å². The van der Waals surface area contributed by atoms with E-state index in [9.17, 15) is 13.2 Å². The Hall–Kier alpha value is -3.59. The standard InChI is InChI=1S/C37H46N4O8S.2ClH/c1-26-10-13-34(33(24-26)48-5)50(44,45)41-32-12-11-29(47-4)25-31(32)37(35(41)42,30-9-7-6-8-27(30)16-23-46-3)49-36(43)40-21-19-39(20-22-40)28-14-17-38(2)18-15-28;;/h6-13,24-25,28H,14-23H2,1-5H3;2*1H. The fourth-order valence-electron chi connectivity index (χ4n) is 7.33. The van der Waals surface area contributed by atoms with Crippen LogP contribution >= 0.6 is 24.8 Å². The summed E-state index contributed by atoms with van der Waals surface area (Å²) >= 11 is 0. The number of piperidine rings is 1. The monoisotopic (exact) mass is 778 g/mol. The zero-order chi connectivity index (χ0) is 35.6. The first-order chi connectivity index (χ1) is 24.0. The molecule has 3 aromatic rings. The average Bonchev–Trinajstić information content (AvgIpc) is 3.38. The van der Waals surface area contributed by atoms with E-state index in [0.29, 0.717) is 62.1 Å². The van der Waals surface area contributed by atoms with Crippen molar-refractivity contribution >= 4 is 52.5 Å². The Morgan fingerprint density at radius 1 is 0.865 bits per heavy atom. The van der Waals surface area contributed by atoms with E-state index in [4.69, 9.17) is 18.9 Å². The molecule has 0 aliphatic carbocycles. The number of sulfonamides is 1. The second-order valence-electron chi connectivity index (χ2n) is 13.1. The lowest BCUT2D eigenvalue weighted by atomic mass is 9.83. The number of likely N-dealkylation sites (tertiary alicyclic amines) is 1. The van der Waals surface area contributed by atoms with Gasteiger partial charge < -0.3 is 28.7 Å². The van der Waals surface area contributed by atoms with Crippen LogP contribution in [0.2, 0.25) is 0 Å². The van der Waals surface area contributed by atoms with E-state index in [0.717, 1.165) is 35.8 Å². The van der Waals surface area contributed by atoms with Gasteiger partial charge in [-0.25, -0.2) is 13.2 Å². The van der Waals surface area contributed by atoms with Crippen molar-refractivity contribution in [3.8, 4) is 11.5 Å². The minimum Gasteiger partial charge on any atom is -0.497 e. The molecular formula is C37H48Cl2N4O8S. The van der Waals surface area contributed by atoms with Crippen LogP contribution in [0.4, 0.5) is 10.5 Å². The molecule has 0 N–H and O–H groups in total. The first-order valence-electron chi connectivity index (χ1n) is 17.0. The SMILES string of the molecule is COCCc1ccccc1C1(OC(=O)N2CCN(C3CCN(C)CC3)CC2)C(=O)N(S(=O)(=O)c2ccc(C)cc2OC)c2ccc(OC)cc21.Cl.Cl. The second-order valence-corrected chi connectivity index (χ2v) is 14.9. The average molecular weight is 780 g/mol. The number of aryl methyl sites for hydroxylation is 1. The molecule has 2 amide bonds. The van der Waals surface area contributed by atoms with E-state index in [-0.39, 0.29) is 46.7 Å². The Kier molecular flexibility index (Phi) is 13.5. The lowest BCUT2D eigenvalue weighted by Gasteiger charge is -2.42. The maximum absolute atomic E-state index is 15.2. The summed E-state index contributed by atoms with van der Waals surface area (Å²) in [4.78, 5) is 35.7. The molecule has 0 bridgehead atoms. The number of fused-ring (bicyclic) bond motifs is 1. The first-order valence-corrected chi connectivity index (χ1v) is 18.4. The Balaban J connectivity index is 0.00000302. The van der Waals surface area contributed by atoms with Gasteiger partial charge in [0.1, 0.15) is 16.4 Å². The van der Waals surface area contributed by atoms with Gasteiger partial charge in [0.05, 0.1) is 26.5 Å². The number of carbonyl (C=O) groups excluding carboxylic acids is 2. The number of nitrogens with zero attached hydrogens (tertiary/aromatic N) is 4. The molecule has 0 radical (unpaired) electrons. The van der Waals surface area contributed by atoms with E-state index in [1.165, 1.54) is 26.4 Å². The van der Waals surface area contributed by atoms with Crippen LogP contribution in [-0.4, -0.2) is 115 Å². The maximum Gasteiger partial charge on any atom is 0.411 e. The van der Waals surface area contributed by atoms with Gasteiger partial charge in [-0.15, -0.1) is 24.8 Å². The van der Waals surface area contributed by atoms with E-state index in [1.54, 1.807) is 48.4 Å². The van der Waals surface area contributed by atoms with Crippen LogP contribution < -0.4 is 13.8 Å². The summed E-state index contributed by atoms with van der Waals surface area (Å²) in [5.74, 6) is -0.484. The summed E-state index contributed by atoms with van der Waals surface area (Å²) in [6, 6.07) is 16.9. The van der Waals surface area contributed by atoms with E-state index in [2.05, 4.69) is 16.8 Å². The number of benzene rings is 3. The number of carbonyl (C=O) groups is 2. The number of methoxy groups -OCH3 is 3. The lowest BCUT2D eigenvalue weighted by molar-refractivity contribution is -0.132. The molecule has 0 aromatic heterocycles. The van der Waals surface area contributed by atoms with Crippen LogP contribution in [0, 0.1) is 6.92 Å². The van der Waals surface area contributed by atoms with E-state index >= 15 is 4.79 Å². The molecule has 6 rings (SSSR count). The third-order valence-corrected chi connectivity index (χ3v) is 11.9. The number of piperazine rings is 1. The van der Waals surface area contributed by atoms with Crippen LogP contribution in [0.3, 0.4) is 0 Å². The molecule has 2 fully saturated rings. The van der Waals surface area contributed by atoms with Crippen molar-refractivity contribution in [1.82, 2.24) is 14.7 Å². The molecular weight excluding hydrogens is 731 g/mol. The molecule has 2 saturated heterocycles. The Bertz CT molecular complexity index is 1850.